The number of hydrogen-bond donors (Lipinski definition) is 2. The predicted octanol–water partition coefficient (Wildman–Crippen LogP) is 3.15. The molecule has 2 aromatic rings. The Balaban J connectivity index is 1.86. The van der Waals surface area contributed by atoms with Gasteiger partial charge in [0, 0.05) is 15.6 Å². The monoisotopic (exact) mass is 347 g/mol. The van der Waals surface area contributed by atoms with Gasteiger partial charge in [-0.25, -0.2) is 5.43 Å². The van der Waals surface area contributed by atoms with Crippen LogP contribution < -0.4 is 10.7 Å². The van der Waals surface area contributed by atoms with Crippen molar-refractivity contribution in [3.05, 3.63) is 59.1 Å². The van der Waals surface area contributed by atoms with E-state index < -0.39 is 11.8 Å². The van der Waals surface area contributed by atoms with E-state index in [1.807, 2.05) is 30.5 Å². The Morgan fingerprint density at radius 1 is 1.04 bits per heavy atom. The Morgan fingerprint density at radius 3 is 2.30 bits per heavy atom. The summed E-state index contributed by atoms with van der Waals surface area (Å²) in [6.45, 7) is 0. The summed E-state index contributed by atoms with van der Waals surface area (Å²) in [5, 5.41) is 6.75. The van der Waals surface area contributed by atoms with Crippen LogP contribution in [0.15, 0.2) is 58.5 Å². The van der Waals surface area contributed by atoms with E-state index in [2.05, 4.69) is 15.8 Å². The second kappa shape index (κ2) is 8.36. The lowest BCUT2D eigenvalue weighted by Gasteiger charge is -2.03. The largest absolute Gasteiger partial charge is 0.329 e. The van der Waals surface area contributed by atoms with Gasteiger partial charge >= 0.3 is 11.8 Å². The Kier molecular flexibility index (Phi) is 6.19. The topological polar surface area (TPSA) is 70.6 Å². The van der Waals surface area contributed by atoms with E-state index in [4.69, 9.17) is 11.6 Å². The molecular weight excluding hydrogens is 334 g/mol. The van der Waals surface area contributed by atoms with E-state index >= 15 is 0 Å². The van der Waals surface area contributed by atoms with E-state index in [-0.39, 0.29) is 0 Å². The lowest BCUT2D eigenvalue weighted by Crippen LogP contribution is -2.32. The number of hydrogen-bond acceptors (Lipinski definition) is 4. The van der Waals surface area contributed by atoms with Crippen molar-refractivity contribution in [2.24, 2.45) is 5.10 Å². The molecule has 0 saturated carbocycles. The molecule has 2 amide bonds. The number of anilines is 1. The third-order valence-corrected chi connectivity index (χ3v) is 3.80. The van der Waals surface area contributed by atoms with Gasteiger partial charge in [-0.2, -0.15) is 5.10 Å². The van der Waals surface area contributed by atoms with E-state index in [0.29, 0.717) is 10.7 Å². The molecule has 23 heavy (non-hydrogen) atoms. The molecule has 0 radical (unpaired) electrons. The first-order chi connectivity index (χ1) is 11.1. The normalized spacial score (nSPS) is 10.5. The highest BCUT2D eigenvalue weighted by Crippen LogP contribution is 2.14. The minimum Gasteiger partial charge on any atom is -0.318 e. The Bertz CT molecular complexity index is 715. The van der Waals surface area contributed by atoms with Crippen molar-refractivity contribution in [3.8, 4) is 0 Å². The summed E-state index contributed by atoms with van der Waals surface area (Å²) in [5.74, 6) is -1.65. The molecule has 2 aromatic carbocycles. The van der Waals surface area contributed by atoms with Crippen molar-refractivity contribution >= 4 is 47.1 Å². The lowest BCUT2D eigenvalue weighted by molar-refractivity contribution is -0.136. The molecule has 0 aliphatic rings. The summed E-state index contributed by atoms with van der Waals surface area (Å²) in [5.41, 5.74) is 3.48. The fourth-order valence-electron chi connectivity index (χ4n) is 1.63. The predicted molar refractivity (Wildman–Crippen MR) is 94.0 cm³/mol. The number of hydrazone groups is 1. The molecule has 0 spiro atoms. The number of rotatable bonds is 4. The molecule has 0 aliphatic heterocycles. The minimum absolute atomic E-state index is 0.478. The molecule has 2 rings (SSSR count). The summed E-state index contributed by atoms with van der Waals surface area (Å²) in [6.07, 6.45) is 3.46. The van der Waals surface area contributed by atoms with Crippen LogP contribution in [0.25, 0.3) is 0 Å². The van der Waals surface area contributed by atoms with Gasteiger partial charge in [-0.3, -0.25) is 9.59 Å². The van der Waals surface area contributed by atoms with Crippen LogP contribution in [0.1, 0.15) is 5.56 Å². The smallest absolute Gasteiger partial charge is 0.318 e. The molecule has 0 aliphatic carbocycles. The summed E-state index contributed by atoms with van der Waals surface area (Å²) < 4.78 is 0. The van der Waals surface area contributed by atoms with Gasteiger partial charge in [0.05, 0.1) is 6.21 Å². The van der Waals surface area contributed by atoms with Gasteiger partial charge in [0.1, 0.15) is 0 Å². The molecule has 118 valence electrons. The van der Waals surface area contributed by atoms with Crippen LogP contribution in [0.4, 0.5) is 5.69 Å². The molecule has 0 bridgehead atoms. The molecule has 0 aromatic heterocycles. The highest BCUT2D eigenvalue weighted by atomic mass is 35.5. The van der Waals surface area contributed by atoms with E-state index in [0.717, 1.165) is 10.5 Å². The van der Waals surface area contributed by atoms with Gasteiger partial charge in [-0.05, 0) is 48.2 Å². The molecule has 5 nitrogen and oxygen atoms in total. The lowest BCUT2D eigenvalue weighted by atomic mass is 10.2. The standard InChI is InChI=1S/C16H14ClN3O2S/c1-23-14-8-2-11(3-9-14)10-18-20-16(22)15(21)19-13-6-4-12(17)5-7-13/h2-10H,1H3,(H,19,21)(H,20,22)/b18-10-. The number of benzene rings is 2. The first-order valence-corrected chi connectivity index (χ1v) is 8.23. The molecule has 0 atom stereocenters. The third-order valence-electron chi connectivity index (χ3n) is 2.80. The first kappa shape index (κ1) is 17.1. The zero-order chi connectivity index (χ0) is 16.7. The zero-order valence-corrected chi connectivity index (χ0v) is 13.8. The molecule has 7 heteroatoms. The zero-order valence-electron chi connectivity index (χ0n) is 12.2. The summed E-state index contributed by atoms with van der Waals surface area (Å²) in [7, 11) is 0. The van der Waals surface area contributed by atoms with Gasteiger partial charge < -0.3 is 5.32 Å². The van der Waals surface area contributed by atoms with Crippen molar-refractivity contribution in [2.45, 2.75) is 4.90 Å². The van der Waals surface area contributed by atoms with Crippen LogP contribution in [-0.4, -0.2) is 24.3 Å². The highest BCUT2D eigenvalue weighted by molar-refractivity contribution is 7.98. The van der Waals surface area contributed by atoms with Crippen molar-refractivity contribution < 1.29 is 9.59 Å². The third kappa shape index (κ3) is 5.43. The summed E-state index contributed by atoms with van der Waals surface area (Å²) >= 11 is 7.38. The minimum atomic E-state index is -0.850. The van der Waals surface area contributed by atoms with Gasteiger partial charge in [0.25, 0.3) is 0 Å². The van der Waals surface area contributed by atoms with Crippen molar-refractivity contribution in [1.29, 1.82) is 0 Å². The fraction of sp³-hybridized carbons (Fsp3) is 0.0625. The number of carbonyl (C=O) groups is 2. The second-order valence-corrected chi connectivity index (χ2v) is 5.75. The average Bonchev–Trinajstić information content (AvgIpc) is 2.57. The Hall–Kier alpha value is -2.31. The molecule has 0 unspecified atom stereocenters. The van der Waals surface area contributed by atoms with Crippen LogP contribution in [0.3, 0.4) is 0 Å². The first-order valence-electron chi connectivity index (χ1n) is 6.62. The quantitative estimate of drug-likeness (QED) is 0.386. The SMILES string of the molecule is CSc1ccc(/C=N\NC(=O)C(=O)Nc2ccc(Cl)cc2)cc1. The van der Waals surface area contributed by atoms with Crippen molar-refractivity contribution in [3.63, 3.8) is 0 Å². The van der Waals surface area contributed by atoms with Crippen LogP contribution in [0, 0.1) is 0 Å². The number of halogens is 1. The van der Waals surface area contributed by atoms with Gasteiger partial charge in [-0.1, -0.05) is 23.7 Å². The summed E-state index contributed by atoms with van der Waals surface area (Å²) in [6, 6.07) is 14.1. The van der Waals surface area contributed by atoms with E-state index in [1.165, 1.54) is 6.21 Å². The van der Waals surface area contributed by atoms with Crippen LogP contribution >= 0.6 is 23.4 Å². The van der Waals surface area contributed by atoms with E-state index in [9.17, 15) is 9.59 Å². The molecule has 0 heterocycles. The Labute approximate surface area is 143 Å². The maximum Gasteiger partial charge on any atom is 0.329 e. The average molecular weight is 348 g/mol. The highest BCUT2D eigenvalue weighted by Gasteiger charge is 2.12. The van der Waals surface area contributed by atoms with Crippen LogP contribution in [0.2, 0.25) is 5.02 Å². The van der Waals surface area contributed by atoms with Crippen LogP contribution in [-0.2, 0) is 9.59 Å². The number of thioether (sulfide) groups is 1. The number of nitrogens with one attached hydrogen (secondary N) is 2. The molecule has 2 N–H and O–H groups in total. The second-order valence-electron chi connectivity index (χ2n) is 4.43. The molecule has 0 fully saturated rings. The van der Waals surface area contributed by atoms with Crippen LogP contribution in [0.5, 0.6) is 0 Å². The van der Waals surface area contributed by atoms with Crippen molar-refractivity contribution in [2.75, 3.05) is 11.6 Å². The van der Waals surface area contributed by atoms with Crippen molar-refractivity contribution in [1.82, 2.24) is 5.43 Å². The maximum atomic E-state index is 11.7. The van der Waals surface area contributed by atoms with Gasteiger partial charge in [-0.15, -0.1) is 11.8 Å². The molecular formula is C16H14ClN3O2S. The number of amides is 2. The Morgan fingerprint density at radius 2 is 1.70 bits per heavy atom. The van der Waals surface area contributed by atoms with Gasteiger partial charge in [0.15, 0.2) is 0 Å². The fourth-order valence-corrected chi connectivity index (χ4v) is 2.16. The molecule has 0 saturated heterocycles. The van der Waals surface area contributed by atoms with Gasteiger partial charge in [0.2, 0.25) is 0 Å². The number of carbonyl (C=O) groups excluding carboxylic acids is 2. The maximum absolute atomic E-state index is 11.7. The van der Waals surface area contributed by atoms with E-state index in [1.54, 1.807) is 36.0 Å². The number of nitrogens with zero attached hydrogens (tertiary/aromatic N) is 1. The summed E-state index contributed by atoms with van der Waals surface area (Å²) in [4.78, 5) is 24.5.